The van der Waals surface area contributed by atoms with Crippen LogP contribution in [0.1, 0.15) is 24.8 Å². The van der Waals surface area contributed by atoms with Crippen LogP contribution in [0.5, 0.6) is 0 Å². The fourth-order valence-electron chi connectivity index (χ4n) is 3.04. The van der Waals surface area contributed by atoms with Crippen LogP contribution < -0.4 is 5.32 Å². The van der Waals surface area contributed by atoms with Crippen LogP contribution >= 0.6 is 0 Å². The molecule has 2 nitrogen and oxygen atoms in total. The van der Waals surface area contributed by atoms with Gasteiger partial charge >= 0.3 is 0 Å². The van der Waals surface area contributed by atoms with E-state index in [0.717, 1.165) is 18.5 Å². The van der Waals surface area contributed by atoms with Gasteiger partial charge in [0.1, 0.15) is 5.58 Å². The van der Waals surface area contributed by atoms with E-state index in [9.17, 15) is 0 Å². The average Bonchev–Trinajstić information content (AvgIpc) is 2.70. The molecule has 90 valence electrons. The monoisotopic (exact) mass is 229 g/mol. The van der Waals surface area contributed by atoms with Crippen LogP contribution in [-0.2, 0) is 6.42 Å². The van der Waals surface area contributed by atoms with Crippen molar-refractivity contribution in [3.8, 4) is 0 Å². The van der Waals surface area contributed by atoms with Gasteiger partial charge in [0.15, 0.2) is 0 Å². The van der Waals surface area contributed by atoms with Crippen molar-refractivity contribution in [3.63, 3.8) is 0 Å². The van der Waals surface area contributed by atoms with Gasteiger partial charge in [0.25, 0.3) is 0 Å². The van der Waals surface area contributed by atoms with E-state index >= 15 is 0 Å². The van der Waals surface area contributed by atoms with E-state index in [1.54, 1.807) is 0 Å². The molecule has 1 heterocycles. The highest BCUT2D eigenvalue weighted by atomic mass is 16.3. The molecule has 1 aliphatic carbocycles. The summed E-state index contributed by atoms with van der Waals surface area (Å²) in [6.45, 7) is 1.12. The molecule has 1 aromatic heterocycles. The molecule has 0 bridgehead atoms. The lowest BCUT2D eigenvalue weighted by Gasteiger charge is -2.42. The minimum absolute atomic E-state index is 0.474. The van der Waals surface area contributed by atoms with E-state index in [0.29, 0.717) is 5.41 Å². The predicted octanol–water partition coefficient (Wildman–Crippen LogP) is 3.37. The normalized spacial score (nSPS) is 18.2. The molecular formula is C15H19NO. The molecule has 17 heavy (non-hydrogen) atoms. The summed E-state index contributed by atoms with van der Waals surface area (Å²) in [5, 5.41) is 4.63. The standard InChI is InChI=1S/C15H19NO/c1-16-11-15(7-4-8-15)9-12-10-17-14-6-3-2-5-13(12)14/h2-3,5-6,10,16H,4,7-9,11H2,1H3. The van der Waals surface area contributed by atoms with Gasteiger partial charge in [-0.2, -0.15) is 0 Å². The maximum Gasteiger partial charge on any atom is 0.134 e. The molecule has 0 amide bonds. The van der Waals surface area contributed by atoms with Crippen molar-refractivity contribution in [2.24, 2.45) is 5.41 Å². The Morgan fingerprint density at radius 3 is 2.82 bits per heavy atom. The first-order valence-electron chi connectivity index (χ1n) is 6.43. The van der Waals surface area contributed by atoms with E-state index in [2.05, 4.69) is 17.4 Å². The lowest BCUT2D eigenvalue weighted by Crippen LogP contribution is -2.40. The Labute approximate surface area is 102 Å². The fraction of sp³-hybridized carbons (Fsp3) is 0.467. The third-order valence-electron chi connectivity index (χ3n) is 4.09. The lowest BCUT2D eigenvalue weighted by molar-refractivity contribution is 0.134. The van der Waals surface area contributed by atoms with E-state index in [-0.39, 0.29) is 0 Å². The number of furan rings is 1. The lowest BCUT2D eigenvalue weighted by atomic mass is 9.65. The molecule has 0 aliphatic heterocycles. The first kappa shape index (κ1) is 10.8. The summed E-state index contributed by atoms with van der Waals surface area (Å²) in [6, 6.07) is 8.33. The van der Waals surface area contributed by atoms with Crippen LogP contribution in [0.2, 0.25) is 0 Å². The third kappa shape index (κ3) is 1.87. The highest BCUT2D eigenvalue weighted by Crippen LogP contribution is 2.44. The van der Waals surface area contributed by atoms with Crippen molar-refractivity contribution in [2.75, 3.05) is 13.6 Å². The van der Waals surface area contributed by atoms with Crippen LogP contribution in [0.15, 0.2) is 34.9 Å². The van der Waals surface area contributed by atoms with Gasteiger partial charge in [0, 0.05) is 11.9 Å². The Hall–Kier alpha value is -1.28. The highest BCUT2D eigenvalue weighted by molar-refractivity contribution is 5.80. The molecule has 1 N–H and O–H groups in total. The summed E-state index contributed by atoms with van der Waals surface area (Å²) in [5.41, 5.74) is 2.86. The van der Waals surface area contributed by atoms with Crippen LogP contribution in [0.25, 0.3) is 11.0 Å². The maximum atomic E-state index is 5.62. The van der Waals surface area contributed by atoms with Crippen molar-refractivity contribution < 1.29 is 4.42 Å². The summed E-state index contributed by atoms with van der Waals surface area (Å²) < 4.78 is 5.62. The SMILES string of the molecule is CNCC1(Cc2coc3ccccc23)CCC1. The van der Waals surface area contributed by atoms with E-state index in [1.165, 1.54) is 30.2 Å². The number of para-hydroxylation sites is 1. The molecule has 1 saturated carbocycles. The minimum atomic E-state index is 0.474. The van der Waals surface area contributed by atoms with Crippen molar-refractivity contribution >= 4 is 11.0 Å². The molecule has 0 radical (unpaired) electrons. The highest BCUT2D eigenvalue weighted by Gasteiger charge is 2.36. The van der Waals surface area contributed by atoms with Gasteiger partial charge in [0.2, 0.25) is 0 Å². The number of hydrogen-bond donors (Lipinski definition) is 1. The molecule has 1 aliphatic rings. The molecule has 1 fully saturated rings. The largest absolute Gasteiger partial charge is 0.464 e. The van der Waals surface area contributed by atoms with Crippen molar-refractivity contribution in [1.29, 1.82) is 0 Å². The number of fused-ring (bicyclic) bond motifs is 1. The Kier molecular flexibility index (Phi) is 2.67. The van der Waals surface area contributed by atoms with Gasteiger partial charge in [-0.25, -0.2) is 0 Å². The molecule has 0 spiro atoms. The second kappa shape index (κ2) is 4.19. The minimum Gasteiger partial charge on any atom is -0.464 e. The Balaban J connectivity index is 1.89. The number of benzene rings is 1. The number of rotatable bonds is 4. The van der Waals surface area contributed by atoms with Gasteiger partial charge in [-0.1, -0.05) is 24.6 Å². The summed E-state index contributed by atoms with van der Waals surface area (Å²) in [7, 11) is 2.05. The zero-order valence-electron chi connectivity index (χ0n) is 10.3. The number of hydrogen-bond acceptors (Lipinski definition) is 2. The molecule has 3 rings (SSSR count). The molecule has 0 saturated heterocycles. The van der Waals surface area contributed by atoms with Crippen LogP contribution in [0.4, 0.5) is 0 Å². The molecule has 0 unspecified atom stereocenters. The quantitative estimate of drug-likeness (QED) is 0.869. The maximum absolute atomic E-state index is 5.62. The smallest absolute Gasteiger partial charge is 0.134 e. The third-order valence-corrected chi connectivity index (χ3v) is 4.09. The fourth-order valence-corrected chi connectivity index (χ4v) is 3.04. The van der Waals surface area contributed by atoms with Crippen LogP contribution in [0.3, 0.4) is 0 Å². The number of nitrogens with one attached hydrogen (secondary N) is 1. The van der Waals surface area contributed by atoms with Gasteiger partial charge < -0.3 is 9.73 Å². The first-order valence-corrected chi connectivity index (χ1v) is 6.43. The summed E-state index contributed by atoms with van der Waals surface area (Å²) in [5.74, 6) is 0. The Morgan fingerprint density at radius 2 is 2.12 bits per heavy atom. The Bertz CT molecular complexity index is 510. The Morgan fingerprint density at radius 1 is 1.29 bits per heavy atom. The van der Waals surface area contributed by atoms with E-state index < -0.39 is 0 Å². The predicted molar refractivity (Wildman–Crippen MR) is 70.1 cm³/mol. The average molecular weight is 229 g/mol. The molecule has 2 heteroatoms. The van der Waals surface area contributed by atoms with E-state index in [4.69, 9.17) is 4.42 Å². The van der Waals surface area contributed by atoms with Gasteiger partial charge in [-0.3, -0.25) is 0 Å². The van der Waals surface area contributed by atoms with Crippen LogP contribution in [0, 0.1) is 5.41 Å². The van der Waals surface area contributed by atoms with Crippen molar-refractivity contribution in [2.45, 2.75) is 25.7 Å². The summed E-state index contributed by atoms with van der Waals surface area (Å²) >= 11 is 0. The van der Waals surface area contributed by atoms with Gasteiger partial charge in [0.05, 0.1) is 6.26 Å². The van der Waals surface area contributed by atoms with Gasteiger partial charge in [-0.15, -0.1) is 0 Å². The van der Waals surface area contributed by atoms with Crippen molar-refractivity contribution in [3.05, 3.63) is 36.1 Å². The second-order valence-corrected chi connectivity index (χ2v) is 5.32. The molecular weight excluding hydrogens is 210 g/mol. The van der Waals surface area contributed by atoms with Crippen molar-refractivity contribution in [1.82, 2.24) is 5.32 Å². The molecule has 2 aromatic rings. The molecule has 0 atom stereocenters. The van der Waals surface area contributed by atoms with Crippen LogP contribution in [-0.4, -0.2) is 13.6 Å². The summed E-state index contributed by atoms with van der Waals surface area (Å²) in [4.78, 5) is 0. The molecule has 1 aromatic carbocycles. The summed E-state index contributed by atoms with van der Waals surface area (Å²) in [6.07, 6.45) is 7.14. The topological polar surface area (TPSA) is 25.2 Å². The zero-order valence-corrected chi connectivity index (χ0v) is 10.3. The first-order chi connectivity index (χ1) is 8.33. The second-order valence-electron chi connectivity index (χ2n) is 5.32. The zero-order chi connectivity index (χ0) is 11.7. The van der Waals surface area contributed by atoms with Gasteiger partial charge in [-0.05, 0) is 43.4 Å². The van der Waals surface area contributed by atoms with E-state index in [1.807, 2.05) is 25.4 Å².